The zero-order valence-electron chi connectivity index (χ0n) is 21.9. The molecule has 0 aliphatic rings. The minimum Gasteiger partial charge on any atom is -0.540 e. The number of methoxy groups -OCH3 is 1. The third-order valence-electron chi connectivity index (χ3n) is 6.67. The van der Waals surface area contributed by atoms with Gasteiger partial charge in [0.15, 0.2) is 5.75 Å². The molecule has 188 valence electrons. The zero-order valence-corrected chi connectivity index (χ0v) is 24.4. The maximum atomic E-state index is 13.1. The molecule has 35 heavy (non-hydrogen) atoms. The molecule has 3 aromatic rings. The number of rotatable bonds is 9. The number of thiophene rings is 1. The van der Waals surface area contributed by atoms with Crippen molar-refractivity contribution in [3.8, 4) is 21.9 Å². The fourth-order valence-electron chi connectivity index (χ4n) is 5.03. The Morgan fingerprint density at radius 1 is 0.914 bits per heavy atom. The van der Waals surface area contributed by atoms with Gasteiger partial charge < -0.3 is 14.5 Å². The van der Waals surface area contributed by atoms with Crippen LogP contribution in [0.3, 0.4) is 0 Å². The minimum atomic E-state index is -2.13. The van der Waals surface area contributed by atoms with Crippen LogP contribution in [0.1, 0.15) is 56.8 Å². The lowest BCUT2D eigenvalue weighted by atomic mass is 10.1. The Morgan fingerprint density at radius 2 is 1.51 bits per heavy atom. The van der Waals surface area contributed by atoms with E-state index in [2.05, 4.69) is 46.9 Å². The van der Waals surface area contributed by atoms with Crippen molar-refractivity contribution >= 4 is 42.8 Å². The van der Waals surface area contributed by atoms with E-state index in [9.17, 15) is 4.79 Å². The van der Waals surface area contributed by atoms with E-state index in [-0.39, 0.29) is 5.91 Å². The number of benzene rings is 2. The Labute approximate surface area is 219 Å². The van der Waals surface area contributed by atoms with Crippen molar-refractivity contribution < 1.29 is 14.0 Å². The van der Waals surface area contributed by atoms with Crippen molar-refractivity contribution in [1.82, 2.24) is 0 Å². The van der Waals surface area contributed by atoms with Gasteiger partial charge in [-0.3, -0.25) is 4.79 Å². The summed E-state index contributed by atoms with van der Waals surface area (Å²) in [5.74, 6) is 1.23. The number of amides is 1. The number of carbonyl (C=O) groups is 1. The van der Waals surface area contributed by atoms with Crippen LogP contribution in [0, 0.1) is 6.92 Å². The SMILES string of the molecule is COc1cc(NC(=O)c2sc(-c3ccc(Cl)cc3)cc2C)ccc1O[Si](C(C)C)(C(C)C)C(C)C. The monoisotopic (exact) mass is 529 g/mol. The van der Waals surface area contributed by atoms with Crippen molar-refractivity contribution in [2.45, 2.75) is 65.1 Å². The minimum absolute atomic E-state index is 0.140. The highest BCUT2D eigenvalue weighted by atomic mass is 35.5. The molecule has 0 spiro atoms. The lowest BCUT2D eigenvalue weighted by Crippen LogP contribution is -2.50. The second kappa shape index (κ2) is 11.2. The second-order valence-corrected chi connectivity index (χ2v) is 16.7. The van der Waals surface area contributed by atoms with Crippen LogP contribution in [0.5, 0.6) is 11.5 Å². The van der Waals surface area contributed by atoms with E-state index >= 15 is 0 Å². The van der Waals surface area contributed by atoms with Crippen molar-refractivity contribution in [2.24, 2.45) is 0 Å². The molecule has 1 amide bonds. The maximum Gasteiger partial charge on any atom is 0.266 e. The normalized spacial score (nSPS) is 11.9. The van der Waals surface area contributed by atoms with Gasteiger partial charge in [-0.25, -0.2) is 0 Å². The zero-order chi connectivity index (χ0) is 25.9. The van der Waals surface area contributed by atoms with Crippen LogP contribution in [-0.4, -0.2) is 21.3 Å². The summed E-state index contributed by atoms with van der Waals surface area (Å²) in [6.45, 7) is 15.5. The highest BCUT2D eigenvalue weighted by Crippen LogP contribution is 2.45. The van der Waals surface area contributed by atoms with E-state index in [4.69, 9.17) is 20.8 Å². The molecule has 0 aliphatic carbocycles. The number of hydrogen-bond donors (Lipinski definition) is 1. The molecule has 2 aromatic carbocycles. The highest BCUT2D eigenvalue weighted by molar-refractivity contribution is 7.17. The quantitative estimate of drug-likeness (QED) is 0.281. The number of nitrogens with one attached hydrogen (secondary N) is 1. The van der Waals surface area contributed by atoms with Gasteiger partial charge >= 0.3 is 0 Å². The lowest BCUT2D eigenvalue weighted by molar-refractivity contribution is 0.103. The largest absolute Gasteiger partial charge is 0.540 e. The summed E-state index contributed by atoms with van der Waals surface area (Å²) >= 11 is 7.49. The van der Waals surface area contributed by atoms with Crippen molar-refractivity contribution in [3.63, 3.8) is 0 Å². The predicted octanol–water partition coefficient (Wildman–Crippen LogP) is 9.19. The third kappa shape index (κ3) is 5.76. The van der Waals surface area contributed by atoms with Crippen molar-refractivity contribution in [3.05, 3.63) is 64.0 Å². The topological polar surface area (TPSA) is 47.6 Å². The molecule has 0 unspecified atom stereocenters. The van der Waals surface area contributed by atoms with Gasteiger partial charge in [0.25, 0.3) is 14.2 Å². The maximum absolute atomic E-state index is 13.1. The molecule has 0 fully saturated rings. The molecule has 0 saturated heterocycles. The molecular weight excluding hydrogens is 494 g/mol. The summed E-state index contributed by atoms with van der Waals surface area (Å²) in [4.78, 5) is 14.8. The number of aryl methyl sites for hydroxylation is 1. The Kier molecular flexibility index (Phi) is 8.73. The average Bonchev–Trinajstić information content (AvgIpc) is 3.19. The summed E-state index contributed by atoms with van der Waals surface area (Å²) in [6, 6.07) is 15.3. The molecule has 0 saturated carbocycles. The van der Waals surface area contributed by atoms with Gasteiger partial charge in [-0.05, 0) is 65.0 Å². The lowest BCUT2D eigenvalue weighted by Gasteiger charge is -2.42. The fraction of sp³-hybridized carbons (Fsp3) is 0.393. The molecule has 1 heterocycles. The fourth-order valence-corrected chi connectivity index (χ4v) is 11.5. The number of carbonyl (C=O) groups excluding carboxylic acids is 1. The van der Waals surface area contributed by atoms with E-state index in [1.165, 1.54) is 11.3 Å². The van der Waals surface area contributed by atoms with Gasteiger partial charge in [0.2, 0.25) is 0 Å². The summed E-state index contributed by atoms with van der Waals surface area (Å²) in [5, 5.41) is 3.72. The van der Waals surface area contributed by atoms with Crippen LogP contribution >= 0.6 is 22.9 Å². The van der Waals surface area contributed by atoms with Crippen molar-refractivity contribution in [1.29, 1.82) is 0 Å². The first-order valence-corrected chi connectivity index (χ1v) is 15.4. The number of halogens is 1. The summed E-state index contributed by atoms with van der Waals surface area (Å²) in [7, 11) is -0.495. The molecule has 3 rings (SSSR count). The van der Waals surface area contributed by atoms with Gasteiger partial charge in [0, 0.05) is 21.7 Å². The molecule has 0 aliphatic heterocycles. The molecule has 1 N–H and O–H groups in total. The first-order chi connectivity index (χ1) is 16.5. The molecule has 0 radical (unpaired) electrons. The molecule has 4 nitrogen and oxygen atoms in total. The van der Waals surface area contributed by atoms with E-state index in [1.807, 2.05) is 55.5 Å². The molecular formula is C28H36ClNO3SSi. The molecule has 7 heteroatoms. The summed E-state index contributed by atoms with van der Waals surface area (Å²) in [6.07, 6.45) is 0. The van der Waals surface area contributed by atoms with Gasteiger partial charge in [-0.2, -0.15) is 0 Å². The van der Waals surface area contributed by atoms with E-state index < -0.39 is 8.32 Å². The summed E-state index contributed by atoms with van der Waals surface area (Å²) < 4.78 is 12.5. The van der Waals surface area contributed by atoms with E-state index in [1.54, 1.807) is 7.11 Å². The Bertz CT molecular complexity index is 1150. The number of hydrogen-bond acceptors (Lipinski definition) is 4. The molecule has 1 aromatic heterocycles. The Balaban J connectivity index is 1.85. The predicted molar refractivity (Wildman–Crippen MR) is 152 cm³/mol. The first-order valence-electron chi connectivity index (χ1n) is 12.0. The van der Waals surface area contributed by atoms with Crippen molar-refractivity contribution in [2.75, 3.05) is 12.4 Å². The third-order valence-corrected chi connectivity index (χ3v) is 14.2. The van der Waals surface area contributed by atoms with Gasteiger partial charge in [-0.1, -0.05) is 65.3 Å². The van der Waals surface area contributed by atoms with E-state index in [0.29, 0.717) is 38.0 Å². The Hall–Kier alpha value is -2.28. The van der Waals surface area contributed by atoms with Gasteiger partial charge in [0.1, 0.15) is 5.75 Å². The first kappa shape index (κ1) is 27.3. The smallest absolute Gasteiger partial charge is 0.266 e. The standard InChI is InChI=1S/C28H36ClNO3SSi/c1-17(2)35(18(3)4,19(5)6)33-24-14-13-23(16-25(24)32-8)30-28(31)27-20(7)15-26(34-27)21-9-11-22(29)12-10-21/h9-19H,1-8H3,(H,30,31). The van der Waals surface area contributed by atoms with Crippen LogP contribution in [-0.2, 0) is 0 Å². The molecule has 0 atom stereocenters. The molecule has 0 bridgehead atoms. The van der Waals surface area contributed by atoms with Gasteiger partial charge in [0.05, 0.1) is 12.0 Å². The number of ether oxygens (including phenoxy) is 1. The van der Waals surface area contributed by atoms with Gasteiger partial charge in [-0.15, -0.1) is 11.3 Å². The summed E-state index contributed by atoms with van der Waals surface area (Å²) in [5.41, 5.74) is 3.99. The van der Waals surface area contributed by atoms with Crippen LogP contribution in [0.25, 0.3) is 10.4 Å². The van der Waals surface area contributed by atoms with Crippen LogP contribution in [0.4, 0.5) is 5.69 Å². The second-order valence-electron chi connectivity index (χ2n) is 9.87. The number of anilines is 1. The van der Waals surface area contributed by atoms with E-state index in [0.717, 1.165) is 21.8 Å². The van der Waals surface area contributed by atoms with Crippen LogP contribution in [0.2, 0.25) is 21.6 Å². The average molecular weight is 530 g/mol. The van der Waals surface area contributed by atoms with Crippen LogP contribution in [0.15, 0.2) is 48.5 Å². The highest BCUT2D eigenvalue weighted by Gasteiger charge is 2.47. The Morgan fingerprint density at radius 3 is 2.06 bits per heavy atom. The van der Waals surface area contributed by atoms with Crippen LogP contribution < -0.4 is 14.5 Å².